The largest absolute Gasteiger partial charge is 0.487 e. The maximum atomic E-state index is 6.33. The summed E-state index contributed by atoms with van der Waals surface area (Å²) in [6.07, 6.45) is 0.802. The molecule has 1 unspecified atom stereocenters. The maximum Gasteiger partial charge on any atom is 0.131 e. The Labute approximate surface area is 138 Å². The van der Waals surface area contributed by atoms with E-state index in [0.717, 1.165) is 33.6 Å². The summed E-state index contributed by atoms with van der Waals surface area (Å²) in [6.45, 7) is 4.33. The highest BCUT2D eigenvalue weighted by Gasteiger charge is 2.15. The van der Waals surface area contributed by atoms with Crippen LogP contribution in [-0.4, -0.2) is 9.78 Å². The van der Waals surface area contributed by atoms with E-state index in [4.69, 9.17) is 22.1 Å². The molecule has 0 saturated heterocycles. The molecule has 0 radical (unpaired) electrons. The Bertz CT molecular complexity index is 640. The van der Waals surface area contributed by atoms with E-state index in [0.29, 0.717) is 11.6 Å². The molecular formula is C15H19BrClN3O. The normalized spacial score (nSPS) is 12.5. The van der Waals surface area contributed by atoms with Crippen LogP contribution in [0.5, 0.6) is 5.75 Å². The summed E-state index contributed by atoms with van der Waals surface area (Å²) < 4.78 is 8.66. The Hall–Kier alpha value is -1.04. The van der Waals surface area contributed by atoms with E-state index in [-0.39, 0.29) is 6.04 Å². The Morgan fingerprint density at radius 2 is 2.19 bits per heavy atom. The summed E-state index contributed by atoms with van der Waals surface area (Å²) in [5, 5.41) is 5.07. The predicted molar refractivity (Wildman–Crippen MR) is 88.7 cm³/mol. The Kier molecular flexibility index (Phi) is 5.30. The minimum atomic E-state index is -0.106. The first-order valence-electron chi connectivity index (χ1n) is 6.82. The molecule has 2 N–H and O–H groups in total. The van der Waals surface area contributed by atoms with Crippen molar-refractivity contribution >= 4 is 27.5 Å². The molecule has 0 amide bonds. The van der Waals surface area contributed by atoms with Gasteiger partial charge in [-0.15, -0.1) is 0 Å². The number of benzene rings is 1. The minimum Gasteiger partial charge on any atom is -0.487 e. The highest BCUT2D eigenvalue weighted by molar-refractivity contribution is 9.10. The zero-order valence-electron chi connectivity index (χ0n) is 12.4. The lowest BCUT2D eigenvalue weighted by molar-refractivity contribution is 0.290. The highest BCUT2D eigenvalue weighted by atomic mass is 79.9. The van der Waals surface area contributed by atoms with E-state index >= 15 is 0 Å². The molecule has 0 aliphatic rings. The van der Waals surface area contributed by atoms with E-state index in [9.17, 15) is 0 Å². The van der Waals surface area contributed by atoms with Gasteiger partial charge in [-0.25, -0.2) is 0 Å². The van der Waals surface area contributed by atoms with E-state index in [1.807, 2.05) is 39.1 Å². The quantitative estimate of drug-likeness (QED) is 0.863. The van der Waals surface area contributed by atoms with Gasteiger partial charge in [0.1, 0.15) is 12.4 Å². The standard InChI is InChI=1S/C15H19BrClN3O/c1-4-12-15(17)13(20(3)19-12)8-21-14-6-5-10(16)7-11(14)9(2)18/h5-7,9H,4,8,18H2,1-3H3. The third-order valence-corrected chi connectivity index (χ3v) is 4.26. The van der Waals surface area contributed by atoms with Crippen molar-refractivity contribution in [3.05, 3.63) is 44.6 Å². The molecule has 1 aromatic heterocycles. The monoisotopic (exact) mass is 371 g/mol. The second-order valence-corrected chi connectivity index (χ2v) is 6.24. The van der Waals surface area contributed by atoms with Gasteiger partial charge in [0, 0.05) is 23.1 Å². The fraction of sp³-hybridized carbons (Fsp3) is 0.400. The average molecular weight is 373 g/mol. The van der Waals surface area contributed by atoms with Crippen LogP contribution in [0.3, 0.4) is 0 Å². The van der Waals surface area contributed by atoms with Crippen molar-refractivity contribution < 1.29 is 4.74 Å². The van der Waals surface area contributed by atoms with Crippen LogP contribution in [0.1, 0.15) is 36.8 Å². The number of halogens is 2. The van der Waals surface area contributed by atoms with Gasteiger partial charge in [0.05, 0.1) is 16.4 Å². The zero-order chi connectivity index (χ0) is 15.6. The van der Waals surface area contributed by atoms with Crippen molar-refractivity contribution in [3.63, 3.8) is 0 Å². The summed E-state index contributed by atoms with van der Waals surface area (Å²) in [5.74, 6) is 0.767. The van der Waals surface area contributed by atoms with Gasteiger partial charge in [0.2, 0.25) is 0 Å². The Morgan fingerprint density at radius 3 is 2.76 bits per heavy atom. The first-order chi connectivity index (χ1) is 9.93. The van der Waals surface area contributed by atoms with Crippen LogP contribution in [0, 0.1) is 0 Å². The summed E-state index contributed by atoms with van der Waals surface area (Å²) in [7, 11) is 1.87. The number of nitrogens with two attached hydrogens (primary N) is 1. The van der Waals surface area contributed by atoms with Crippen LogP contribution in [0.25, 0.3) is 0 Å². The number of hydrogen-bond donors (Lipinski definition) is 1. The molecular weight excluding hydrogens is 354 g/mol. The first-order valence-corrected chi connectivity index (χ1v) is 7.99. The van der Waals surface area contributed by atoms with Crippen LogP contribution in [0.4, 0.5) is 0 Å². The van der Waals surface area contributed by atoms with Crippen molar-refractivity contribution in [3.8, 4) is 5.75 Å². The van der Waals surface area contributed by atoms with Crippen molar-refractivity contribution in [1.82, 2.24) is 9.78 Å². The van der Waals surface area contributed by atoms with E-state index in [1.165, 1.54) is 0 Å². The molecule has 114 valence electrons. The lowest BCUT2D eigenvalue weighted by atomic mass is 10.1. The third kappa shape index (κ3) is 3.59. The molecule has 2 aromatic rings. The molecule has 0 aliphatic carbocycles. The third-order valence-electron chi connectivity index (χ3n) is 3.33. The fourth-order valence-electron chi connectivity index (χ4n) is 2.13. The second-order valence-electron chi connectivity index (χ2n) is 4.94. The lowest BCUT2D eigenvalue weighted by Gasteiger charge is -2.14. The smallest absolute Gasteiger partial charge is 0.131 e. The van der Waals surface area contributed by atoms with Crippen LogP contribution in [-0.2, 0) is 20.1 Å². The first kappa shape index (κ1) is 16.3. The van der Waals surface area contributed by atoms with Crippen molar-refractivity contribution in [2.24, 2.45) is 12.8 Å². The summed E-state index contributed by atoms with van der Waals surface area (Å²) in [6, 6.07) is 5.71. The Morgan fingerprint density at radius 1 is 1.48 bits per heavy atom. The van der Waals surface area contributed by atoms with Gasteiger partial charge in [-0.05, 0) is 31.5 Å². The molecule has 0 aliphatic heterocycles. The van der Waals surface area contributed by atoms with Gasteiger partial charge < -0.3 is 10.5 Å². The fourth-order valence-corrected chi connectivity index (χ4v) is 2.86. The van der Waals surface area contributed by atoms with Gasteiger partial charge in [-0.1, -0.05) is 34.5 Å². The molecule has 1 heterocycles. The summed E-state index contributed by atoms with van der Waals surface area (Å²) in [5.41, 5.74) is 8.71. The lowest BCUT2D eigenvalue weighted by Crippen LogP contribution is -2.09. The number of hydrogen-bond acceptors (Lipinski definition) is 3. The Balaban J connectivity index is 2.23. The molecule has 0 bridgehead atoms. The molecule has 4 nitrogen and oxygen atoms in total. The second kappa shape index (κ2) is 6.81. The van der Waals surface area contributed by atoms with Gasteiger partial charge in [-0.2, -0.15) is 5.10 Å². The molecule has 1 atom stereocenters. The van der Waals surface area contributed by atoms with Crippen LogP contribution >= 0.6 is 27.5 Å². The molecule has 6 heteroatoms. The van der Waals surface area contributed by atoms with Crippen LogP contribution in [0.15, 0.2) is 22.7 Å². The minimum absolute atomic E-state index is 0.106. The van der Waals surface area contributed by atoms with E-state index in [2.05, 4.69) is 21.0 Å². The summed E-state index contributed by atoms with van der Waals surface area (Å²) >= 11 is 9.78. The zero-order valence-corrected chi connectivity index (χ0v) is 14.7. The van der Waals surface area contributed by atoms with Crippen LogP contribution < -0.4 is 10.5 Å². The van der Waals surface area contributed by atoms with Crippen LogP contribution in [0.2, 0.25) is 5.02 Å². The SMILES string of the molecule is CCc1nn(C)c(COc2ccc(Br)cc2C(C)N)c1Cl. The molecule has 1 aromatic carbocycles. The summed E-state index contributed by atoms with van der Waals surface area (Å²) in [4.78, 5) is 0. The van der Waals surface area contributed by atoms with Gasteiger partial charge >= 0.3 is 0 Å². The van der Waals surface area contributed by atoms with Crippen molar-refractivity contribution in [2.75, 3.05) is 0 Å². The predicted octanol–water partition coefficient (Wildman–Crippen LogP) is 4.00. The van der Waals surface area contributed by atoms with Gasteiger partial charge in [0.25, 0.3) is 0 Å². The van der Waals surface area contributed by atoms with E-state index < -0.39 is 0 Å². The van der Waals surface area contributed by atoms with E-state index in [1.54, 1.807) is 4.68 Å². The van der Waals surface area contributed by atoms with Crippen molar-refractivity contribution in [1.29, 1.82) is 0 Å². The number of ether oxygens (including phenoxy) is 1. The molecule has 0 spiro atoms. The van der Waals surface area contributed by atoms with Crippen molar-refractivity contribution in [2.45, 2.75) is 32.9 Å². The topological polar surface area (TPSA) is 53.1 Å². The maximum absolute atomic E-state index is 6.33. The van der Waals surface area contributed by atoms with Gasteiger partial charge in [0.15, 0.2) is 0 Å². The molecule has 21 heavy (non-hydrogen) atoms. The highest BCUT2D eigenvalue weighted by Crippen LogP contribution is 2.29. The van der Waals surface area contributed by atoms with Gasteiger partial charge in [-0.3, -0.25) is 4.68 Å². The average Bonchev–Trinajstić information content (AvgIpc) is 2.72. The molecule has 0 saturated carbocycles. The number of aryl methyl sites for hydroxylation is 2. The molecule has 0 fully saturated rings. The number of rotatable bonds is 5. The molecule has 2 rings (SSSR count). The number of aromatic nitrogens is 2. The number of nitrogens with zero attached hydrogens (tertiary/aromatic N) is 2.